The van der Waals surface area contributed by atoms with Gasteiger partial charge in [0.1, 0.15) is 0 Å². The van der Waals surface area contributed by atoms with E-state index in [-0.39, 0.29) is 18.0 Å². The van der Waals surface area contributed by atoms with E-state index in [1.165, 1.54) is 25.3 Å². The molecule has 3 aromatic rings. The van der Waals surface area contributed by atoms with Crippen molar-refractivity contribution in [1.29, 1.82) is 0 Å². The molecule has 3 aromatic carbocycles. The average molecular weight is 544 g/mol. The first kappa shape index (κ1) is 28.8. The van der Waals surface area contributed by atoms with Gasteiger partial charge in [-0.05, 0) is 43.2 Å². The Labute approximate surface area is 223 Å². The highest BCUT2D eigenvalue weighted by Crippen LogP contribution is 2.36. The molecule has 0 aliphatic carbocycles. The minimum atomic E-state index is -4.76. The first-order valence-corrected chi connectivity index (χ1v) is 12.1. The van der Waals surface area contributed by atoms with Gasteiger partial charge >= 0.3 is 12.1 Å². The fourth-order valence-electron chi connectivity index (χ4n) is 4.12. The Balaban J connectivity index is 2.11. The van der Waals surface area contributed by atoms with E-state index in [4.69, 9.17) is 16.3 Å². The molecular formula is C29H25ClF3NO4. The third-order valence-corrected chi connectivity index (χ3v) is 6.46. The lowest BCUT2D eigenvalue weighted by Crippen LogP contribution is -2.23. The molecule has 0 radical (unpaired) electrons. The largest absolute Gasteiger partial charge is 0.465 e. The number of alkyl halides is 3. The molecule has 5 nitrogen and oxygen atoms in total. The van der Waals surface area contributed by atoms with Crippen molar-refractivity contribution in [2.75, 3.05) is 13.7 Å². The highest BCUT2D eigenvalue weighted by molar-refractivity contribution is 6.34. The first-order valence-electron chi connectivity index (χ1n) is 11.7. The van der Waals surface area contributed by atoms with Crippen LogP contribution in [-0.2, 0) is 10.9 Å². The van der Waals surface area contributed by atoms with Crippen molar-refractivity contribution in [1.82, 2.24) is 0 Å². The highest BCUT2D eigenvalue weighted by Gasteiger charge is 2.37. The van der Waals surface area contributed by atoms with Crippen LogP contribution in [0.15, 0.2) is 65.7 Å². The van der Waals surface area contributed by atoms with E-state index in [0.29, 0.717) is 34.3 Å². The number of hydrogen-bond donors (Lipinski definition) is 0. The average Bonchev–Trinajstić information content (AvgIpc) is 2.90. The molecule has 0 aliphatic heterocycles. The van der Waals surface area contributed by atoms with Crippen molar-refractivity contribution in [2.45, 2.75) is 26.4 Å². The maximum atomic E-state index is 13.7. The van der Waals surface area contributed by atoms with Crippen molar-refractivity contribution in [3.63, 3.8) is 0 Å². The second-order valence-electron chi connectivity index (χ2n) is 8.54. The third-order valence-electron chi connectivity index (χ3n) is 6.15. The molecule has 0 amide bonds. The fourth-order valence-corrected chi connectivity index (χ4v) is 4.39. The fraction of sp³-hybridized carbons (Fsp3) is 0.241. The van der Waals surface area contributed by atoms with Crippen molar-refractivity contribution in [3.05, 3.63) is 105 Å². The smallest absolute Gasteiger partial charge is 0.417 e. The van der Waals surface area contributed by atoms with Gasteiger partial charge in [-0.25, -0.2) is 4.79 Å². The van der Waals surface area contributed by atoms with Crippen molar-refractivity contribution >= 4 is 35.4 Å². The van der Waals surface area contributed by atoms with Crippen molar-refractivity contribution < 1.29 is 32.3 Å². The normalized spacial score (nSPS) is 12.7. The molecule has 0 heterocycles. The molecule has 0 saturated heterocycles. The van der Waals surface area contributed by atoms with E-state index >= 15 is 0 Å². The number of aliphatic imine (C=N–C) groups is 1. The van der Waals surface area contributed by atoms with Gasteiger partial charge in [-0.2, -0.15) is 13.2 Å². The number of hydrogen-bond acceptors (Lipinski definition) is 5. The third kappa shape index (κ3) is 6.19. The maximum absolute atomic E-state index is 13.7. The minimum absolute atomic E-state index is 0.154. The lowest BCUT2D eigenvalue weighted by Gasteiger charge is -2.19. The van der Waals surface area contributed by atoms with Gasteiger partial charge in [0.25, 0.3) is 0 Å². The van der Waals surface area contributed by atoms with Gasteiger partial charge in [0, 0.05) is 34.7 Å². The van der Waals surface area contributed by atoms with Gasteiger partial charge in [-0.15, -0.1) is 0 Å². The van der Waals surface area contributed by atoms with Crippen LogP contribution < -0.4 is 0 Å². The number of methoxy groups -OCH3 is 1. The van der Waals surface area contributed by atoms with Gasteiger partial charge < -0.3 is 4.74 Å². The summed E-state index contributed by atoms with van der Waals surface area (Å²) < 4.78 is 45.7. The van der Waals surface area contributed by atoms with Crippen LogP contribution in [0.25, 0.3) is 0 Å². The van der Waals surface area contributed by atoms with Gasteiger partial charge in [0.2, 0.25) is 0 Å². The molecule has 9 heteroatoms. The number of ketones is 1. The number of aryl methyl sites for hydroxylation is 1. The number of esters is 1. The monoisotopic (exact) mass is 543 g/mol. The summed E-state index contributed by atoms with van der Waals surface area (Å²) in [5, 5.41) is -0.284. The molecule has 0 saturated carbocycles. The minimum Gasteiger partial charge on any atom is -0.465 e. The highest BCUT2D eigenvalue weighted by atomic mass is 35.5. The summed E-state index contributed by atoms with van der Waals surface area (Å²) in [4.78, 5) is 41.7. The van der Waals surface area contributed by atoms with E-state index in [9.17, 15) is 27.6 Å². The Morgan fingerprint density at radius 2 is 1.63 bits per heavy atom. The number of carbonyl (C=O) groups excluding carboxylic acids is 3. The molecule has 1 atom stereocenters. The van der Waals surface area contributed by atoms with E-state index < -0.39 is 35.0 Å². The van der Waals surface area contributed by atoms with Gasteiger partial charge in [-0.1, -0.05) is 54.9 Å². The second-order valence-corrected chi connectivity index (χ2v) is 8.95. The summed E-state index contributed by atoms with van der Waals surface area (Å²) >= 11 is 6.07. The predicted molar refractivity (Wildman–Crippen MR) is 139 cm³/mol. The molecule has 0 aliphatic rings. The summed E-state index contributed by atoms with van der Waals surface area (Å²) in [5.74, 6) is -2.21. The van der Waals surface area contributed by atoms with E-state index in [0.717, 1.165) is 17.7 Å². The van der Waals surface area contributed by atoms with Crippen LogP contribution >= 0.6 is 11.6 Å². The number of aldehydes is 1. The standard InChI is InChI=1S/C29H25ClF3NO4/c1-4-18(27(36)25-22(29(31,32)33)9-6-10-23(25)30)15-34-26(24-17(2)7-5-8-21(24)16-35)19-11-13-20(14-12-19)28(37)38-3/h5-14,16,18H,4,15H2,1-3H3. The zero-order chi connectivity index (χ0) is 28.0. The topological polar surface area (TPSA) is 72.8 Å². The van der Waals surface area contributed by atoms with Crippen molar-refractivity contribution in [2.24, 2.45) is 10.9 Å². The zero-order valence-electron chi connectivity index (χ0n) is 20.9. The number of Topliss-reactive ketones (excluding diaryl/α,β-unsaturated/α-hetero) is 1. The Hall–Kier alpha value is -3.78. The number of halogens is 4. The Kier molecular flexibility index (Phi) is 9.22. The van der Waals surface area contributed by atoms with E-state index in [1.54, 1.807) is 44.2 Å². The molecule has 198 valence electrons. The van der Waals surface area contributed by atoms with Crippen LogP contribution in [0.2, 0.25) is 5.02 Å². The summed E-state index contributed by atoms with van der Waals surface area (Å²) in [6.07, 6.45) is -3.87. The van der Waals surface area contributed by atoms with Crippen LogP contribution in [0.3, 0.4) is 0 Å². The second kappa shape index (κ2) is 12.2. The summed E-state index contributed by atoms with van der Waals surface area (Å²) in [7, 11) is 1.26. The maximum Gasteiger partial charge on any atom is 0.417 e. The number of benzene rings is 3. The van der Waals surface area contributed by atoms with Crippen LogP contribution in [0.5, 0.6) is 0 Å². The van der Waals surface area contributed by atoms with Crippen LogP contribution in [-0.4, -0.2) is 37.4 Å². The Bertz CT molecular complexity index is 1380. The molecule has 3 rings (SSSR count). The molecule has 38 heavy (non-hydrogen) atoms. The van der Waals surface area contributed by atoms with Crippen LogP contribution in [0, 0.1) is 12.8 Å². The molecule has 0 spiro atoms. The van der Waals surface area contributed by atoms with Crippen LogP contribution in [0.1, 0.15) is 66.7 Å². The van der Waals surface area contributed by atoms with Gasteiger partial charge in [0.05, 0.1) is 29.0 Å². The zero-order valence-corrected chi connectivity index (χ0v) is 21.7. The van der Waals surface area contributed by atoms with Gasteiger partial charge in [-0.3, -0.25) is 14.6 Å². The Morgan fingerprint density at radius 1 is 1.00 bits per heavy atom. The number of nitrogens with zero attached hydrogens (tertiary/aromatic N) is 1. The SMILES string of the molecule is CCC(CN=C(c1ccc(C(=O)OC)cc1)c1c(C)cccc1C=O)C(=O)c1c(Cl)cccc1C(F)(F)F. The predicted octanol–water partition coefficient (Wildman–Crippen LogP) is 7.01. The number of carbonyl (C=O) groups is 3. The van der Waals surface area contributed by atoms with Gasteiger partial charge in [0.15, 0.2) is 12.1 Å². The quantitative estimate of drug-likeness (QED) is 0.126. The van der Waals surface area contributed by atoms with Crippen molar-refractivity contribution in [3.8, 4) is 0 Å². The summed E-state index contributed by atoms with van der Waals surface area (Å²) in [6.45, 7) is 3.32. The molecule has 0 N–H and O–H groups in total. The van der Waals surface area contributed by atoms with Crippen LogP contribution in [0.4, 0.5) is 13.2 Å². The number of rotatable bonds is 9. The molecule has 1 unspecified atom stereocenters. The lowest BCUT2D eigenvalue weighted by atomic mass is 9.90. The molecule has 0 bridgehead atoms. The molecular weight excluding hydrogens is 519 g/mol. The summed E-state index contributed by atoms with van der Waals surface area (Å²) in [6, 6.07) is 14.7. The molecule has 0 fully saturated rings. The first-order chi connectivity index (χ1) is 18.0. The number of ether oxygens (including phenoxy) is 1. The van der Waals surface area contributed by atoms with E-state index in [2.05, 4.69) is 4.99 Å². The van der Waals surface area contributed by atoms with E-state index in [1.807, 2.05) is 0 Å². The molecule has 0 aromatic heterocycles. The Morgan fingerprint density at radius 3 is 2.21 bits per heavy atom. The summed E-state index contributed by atoms with van der Waals surface area (Å²) in [5.41, 5.74) is 1.13. The lowest BCUT2D eigenvalue weighted by molar-refractivity contribution is -0.137.